The third-order valence-electron chi connectivity index (χ3n) is 2.98. The van der Waals surface area contributed by atoms with Gasteiger partial charge in [-0.05, 0) is 13.3 Å². The van der Waals surface area contributed by atoms with Gasteiger partial charge in [0, 0.05) is 29.3 Å². The van der Waals surface area contributed by atoms with E-state index < -0.39 is 0 Å². The van der Waals surface area contributed by atoms with Crippen molar-refractivity contribution in [2.75, 3.05) is 0 Å². The van der Waals surface area contributed by atoms with Crippen LogP contribution in [0.5, 0.6) is 0 Å². The molecule has 0 saturated heterocycles. The monoisotopic (exact) mass is 309 g/mol. The van der Waals surface area contributed by atoms with Gasteiger partial charge >= 0.3 is 0 Å². The zero-order chi connectivity index (χ0) is 14.5. The summed E-state index contributed by atoms with van der Waals surface area (Å²) in [6.45, 7) is 9.55. The van der Waals surface area contributed by atoms with Crippen LogP contribution >= 0.6 is 22.7 Å². The van der Waals surface area contributed by atoms with Gasteiger partial charge in [0.1, 0.15) is 0 Å². The Labute approximate surface area is 129 Å². The van der Waals surface area contributed by atoms with Crippen LogP contribution in [0.3, 0.4) is 0 Å². The zero-order valence-electron chi connectivity index (χ0n) is 12.7. The van der Waals surface area contributed by atoms with E-state index in [4.69, 9.17) is 4.98 Å². The molecule has 1 N–H and O–H groups in total. The van der Waals surface area contributed by atoms with Crippen LogP contribution in [0.15, 0.2) is 5.38 Å². The molecule has 3 nitrogen and oxygen atoms in total. The predicted molar refractivity (Wildman–Crippen MR) is 87.7 cm³/mol. The van der Waals surface area contributed by atoms with Crippen molar-refractivity contribution in [3.8, 4) is 0 Å². The Morgan fingerprint density at radius 2 is 2.10 bits per heavy atom. The molecule has 0 saturated carbocycles. The number of aryl methyl sites for hydroxylation is 2. The second-order valence-corrected chi connectivity index (χ2v) is 7.53. The number of hydrogen-bond acceptors (Lipinski definition) is 5. The molecule has 0 aliphatic heterocycles. The summed E-state index contributed by atoms with van der Waals surface area (Å²) >= 11 is 3.55. The summed E-state index contributed by atoms with van der Waals surface area (Å²) in [7, 11) is 0. The van der Waals surface area contributed by atoms with E-state index in [1.54, 1.807) is 11.3 Å². The van der Waals surface area contributed by atoms with Gasteiger partial charge in [-0.25, -0.2) is 9.97 Å². The number of hydrogen-bond donors (Lipinski definition) is 1. The van der Waals surface area contributed by atoms with Crippen molar-refractivity contribution in [1.82, 2.24) is 15.3 Å². The fraction of sp³-hybridized carbons (Fsp3) is 0.600. The molecule has 0 fully saturated rings. The highest BCUT2D eigenvalue weighted by atomic mass is 32.1. The number of rotatable bonds is 7. The molecule has 0 atom stereocenters. The van der Waals surface area contributed by atoms with E-state index in [0.717, 1.165) is 36.5 Å². The molecule has 20 heavy (non-hydrogen) atoms. The van der Waals surface area contributed by atoms with E-state index in [0.29, 0.717) is 6.04 Å². The van der Waals surface area contributed by atoms with E-state index in [-0.39, 0.29) is 0 Å². The van der Waals surface area contributed by atoms with Crippen LogP contribution in [0.25, 0.3) is 0 Å². The first-order chi connectivity index (χ1) is 9.58. The molecule has 0 unspecified atom stereocenters. The van der Waals surface area contributed by atoms with Crippen molar-refractivity contribution in [3.05, 3.63) is 31.7 Å². The number of nitrogens with one attached hydrogen (secondary N) is 1. The van der Waals surface area contributed by atoms with Gasteiger partial charge in [-0.15, -0.1) is 22.7 Å². The maximum atomic E-state index is 4.83. The SMILES string of the molecule is CCCc1nc(Cc2csc(C)n2)sc1CNC(C)C. The highest BCUT2D eigenvalue weighted by molar-refractivity contribution is 7.11. The van der Waals surface area contributed by atoms with Gasteiger partial charge in [-0.3, -0.25) is 0 Å². The lowest BCUT2D eigenvalue weighted by Gasteiger charge is -2.07. The largest absolute Gasteiger partial charge is 0.310 e. The Kier molecular flexibility index (Phi) is 5.69. The predicted octanol–water partition coefficient (Wildman–Crippen LogP) is 3.95. The van der Waals surface area contributed by atoms with Crippen LogP contribution in [0, 0.1) is 6.92 Å². The molecule has 0 spiro atoms. The Morgan fingerprint density at radius 3 is 2.70 bits per heavy atom. The summed E-state index contributed by atoms with van der Waals surface area (Å²) in [5.41, 5.74) is 2.42. The average molecular weight is 310 g/mol. The molecule has 0 aliphatic rings. The lowest BCUT2D eigenvalue weighted by Crippen LogP contribution is -2.21. The molecule has 2 heterocycles. The Bertz CT molecular complexity index is 543. The third-order valence-corrected chi connectivity index (χ3v) is 4.90. The smallest absolute Gasteiger partial charge is 0.0991 e. The highest BCUT2D eigenvalue weighted by Gasteiger charge is 2.12. The second-order valence-electron chi connectivity index (χ2n) is 5.30. The Hall–Kier alpha value is -0.780. The van der Waals surface area contributed by atoms with Gasteiger partial charge in [0.05, 0.1) is 21.4 Å². The molecule has 0 aliphatic carbocycles. The third kappa shape index (κ3) is 4.36. The van der Waals surface area contributed by atoms with Crippen molar-refractivity contribution >= 4 is 22.7 Å². The van der Waals surface area contributed by atoms with Crippen LogP contribution in [0.4, 0.5) is 0 Å². The van der Waals surface area contributed by atoms with Crippen LogP contribution in [-0.4, -0.2) is 16.0 Å². The average Bonchev–Trinajstić information content (AvgIpc) is 2.95. The van der Waals surface area contributed by atoms with Crippen molar-refractivity contribution in [2.45, 2.75) is 59.5 Å². The van der Waals surface area contributed by atoms with Gasteiger partial charge in [0.15, 0.2) is 0 Å². The molecule has 2 aromatic heterocycles. The Morgan fingerprint density at radius 1 is 1.30 bits per heavy atom. The van der Waals surface area contributed by atoms with Crippen LogP contribution in [0.1, 0.15) is 53.5 Å². The van der Waals surface area contributed by atoms with Gasteiger partial charge in [0.25, 0.3) is 0 Å². The van der Waals surface area contributed by atoms with Crippen LogP contribution in [-0.2, 0) is 19.4 Å². The number of aromatic nitrogens is 2. The van der Waals surface area contributed by atoms with Crippen molar-refractivity contribution in [1.29, 1.82) is 0 Å². The van der Waals surface area contributed by atoms with Crippen LogP contribution < -0.4 is 5.32 Å². The summed E-state index contributed by atoms with van der Waals surface area (Å²) in [5.74, 6) is 0. The first-order valence-corrected chi connectivity index (χ1v) is 8.90. The molecule has 110 valence electrons. The van der Waals surface area contributed by atoms with Gasteiger partial charge in [0.2, 0.25) is 0 Å². The number of nitrogens with zero attached hydrogens (tertiary/aromatic N) is 2. The van der Waals surface area contributed by atoms with Crippen molar-refractivity contribution < 1.29 is 0 Å². The topological polar surface area (TPSA) is 37.8 Å². The first kappa shape index (κ1) is 15.6. The van der Waals surface area contributed by atoms with E-state index in [9.17, 15) is 0 Å². The molecule has 5 heteroatoms. The van der Waals surface area contributed by atoms with Crippen molar-refractivity contribution in [2.24, 2.45) is 0 Å². The minimum atomic E-state index is 0.510. The molecule has 2 rings (SSSR count). The molecular weight excluding hydrogens is 286 g/mol. The Balaban J connectivity index is 2.11. The fourth-order valence-electron chi connectivity index (χ4n) is 2.02. The summed E-state index contributed by atoms with van der Waals surface area (Å²) in [5, 5.41) is 7.97. The lowest BCUT2D eigenvalue weighted by atomic mass is 10.2. The summed E-state index contributed by atoms with van der Waals surface area (Å²) in [6.07, 6.45) is 3.09. The summed E-state index contributed by atoms with van der Waals surface area (Å²) in [6, 6.07) is 0.510. The van der Waals surface area contributed by atoms with Gasteiger partial charge in [-0.2, -0.15) is 0 Å². The van der Waals surface area contributed by atoms with Gasteiger partial charge < -0.3 is 5.32 Å². The van der Waals surface area contributed by atoms with E-state index in [1.165, 1.54) is 15.6 Å². The van der Waals surface area contributed by atoms with E-state index >= 15 is 0 Å². The fourth-order valence-corrected chi connectivity index (χ4v) is 3.72. The minimum Gasteiger partial charge on any atom is -0.310 e. The molecular formula is C15H23N3S2. The van der Waals surface area contributed by atoms with Gasteiger partial charge in [-0.1, -0.05) is 27.2 Å². The molecule has 0 amide bonds. The molecule has 0 aromatic carbocycles. The zero-order valence-corrected chi connectivity index (χ0v) is 14.3. The normalized spacial score (nSPS) is 11.4. The molecule has 0 bridgehead atoms. The molecule has 2 aromatic rings. The van der Waals surface area contributed by atoms with E-state index in [1.807, 2.05) is 11.3 Å². The number of thiazole rings is 2. The summed E-state index contributed by atoms with van der Waals surface area (Å²) < 4.78 is 0. The van der Waals surface area contributed by atoms with Crippen LogP contribution in [0.2, 0.25) is 0 Å². The van der Waals surface area contributed by atoms with E-state index in [2.05, 4.69) is 43.4 Å². The maximum Gasteiger partial charge on any atom is 0.0991 e. The quantitative estimate of drug-likeness (QED) is 0.841. The maximum absolute atomic E-state index is 4.83. The highest BCUT2D eigenvalue weighted by Crippen LogP contribution is 2.23. The second kappa shape index (κ2) is 7.29. The van der Waals surface area contributed by atoms with Crippen molar-refractivity contribution in [3.63, 3.8) is 0 Å². The minimum absolute atomic E-state index is 0.510. The standard InChI is InChI=1S/C15H23N3S2/c1-5-6-13-14(8-16-10(2)3)20-15(18-13)7-12-9-19-11(4)17-12/h9-10,16H,5-8H2,1-4H3. The lowest BCUT2D eigenvalue weighted by molar-refractivity contribution is 0.589. The molecule has 0 radical (unpaired) electrons. The first-order valence-electron chi connectivity index (χ1n) is 7.20. The summed E-state index contributed by atoms with van der Waals surface area (Å²) in [4.78, 5) is 10.8.